The quantitative estimate of drug-likeness (QED) is 0.583. The Morgan fingerprint density at radius 1 is 1.28 bits per heavy atom. The van der Waals surface area contributed by atoms with Crippen molar-refractivity contribution >= 4 is 5.91 Å². The molecule has 0 aliphatic heterocycles. The maximum Gasteiger partial charge on any atom is 0.272 e. The van der Waals surface area contributed by atoms with Gasteiger partial charge in [-0.25, -0.2) is 0 Å². The van der Waals surface area contributed by atoms with Gasteiger partial charge in [0.25, 0.3) is 5.91 Å². The van der Waals surface area contributed by atoms with E-state index in [1.807, 2.05) is 18.2 Å². The number of tetrazole rings is 1. The first-order chi connectivity index (χ1) is 12.2. The van der Waals surface area contributed by atoms with E-state index in [4.69, 9.17) is 9.47 Å². The molecule has 10 nitrogen and oxygen atoms in total. The van der Waals surface area contributed by atoms with Gasteiger partial charge in [-0.2, -0.15) is 10.3 Å². The third kappa shape index (κ3) is 4.10. The minimum Gasteiger partial charge on any atom is -0.497 e. The minimum absolute atomic E-state index is 0.244. The van der Waals surface area contributed by atoms with Gasteiger partial charge in [0.15, 0.2) is 5.82 Å². The fourth-order valence-electron chi connectivity index (χ4n) is 2.09. The van der Waals surface area contributed by atoms with Crippen LogP contribution in [0.4, 0.5) is 0 Å². The highest BCUT2D eigenvalue weighted by molar-refractivity contribution is 5.92. The van der Waals surface area contributed by atoms with Gasteiger partial charge in [0.05, 0.1) is 18.8 Å². The van der Waals surface area contributed by atoms with E-state index in [0.29, 0.717) is 23.0 Å². The maximum absolute atomic E-state index is 12.2. The number of ether oxygens (including phenoxy) is 2. The van der Waals surface area contributed by atoms with E-state index in [1.54, 1.807) is 26.2 Å². The molecule has 1 amide bonds. The second-order valence-corrected chi connectivity index (χ2v) is 5.21. The summed E-state index contributed by atoms with van der Waals surface area (Å²) >= 11 is 0. The van der Waals surface area contributed by atoms with E-state index in [0.717, 1.165) is 0 Å². The fourth-order valence-corrected chi connectivity index (χ4v) is 2.09. The number of hydrogen-bond acceptors (Lipinski definition) is 7. The predicted octanol–water partition coefficient (Wildman–Crippen LogP) is 1.00. The van der Waals surface area contributed by atoms with Crippen LogP contribution >= 0.6 is 0 Å². The number of benzene rings is 1. The maximum atomic E-state index is 12.2. The first kappa shape index (κ1) is 16.4. The fraction of sp³-hybridized carbons (Fsp3) is 0.267. The molecule has 1 atom stereocenters. The van der Waals surface area contributed by atoms with E-state index in [-0.39, 0.29) is 24.2 Å². The Balaban J connectivity index is 1.57. The van der Waals surface area contributed by atoms with Gasteiger partial charge in [-0.15, -0.1) is 10.2 Å². The molecular weight excluding hydrogens is 326 g/mol. The lowest BCUT2D eigenvalue weighted by Gasteiger charge is -2.07. The van der Waals surface area contributed by atoms with E-state index in [9.17, 15) is 4.79 Å². The number of H-pyrrole nitrogens is 2. The second kappa shape index (κ2) is 7.43. The van der Waals surface area contributed by atoms with Crippen molar-refractivity contribution in [1.29, 1.82) is 0 Å². The molecule has 0 saturated heterocycles. The van der Waals surface area contributed by atoms with E-state index in [2.05, 4.69) is 36.1 Å². The molecule has 10 heteroatoms. The van der Waals surface area contributed by atoms with Gasteiger partial charge in [-0.1, -0.05) is 11.3 Å². The molecule has 3 rings (SSSR count). The second-order valence-electron chi connectivity index (χ2n) is 5.21. The number of aromatic nitrogens is 6. The summed E-state index contributed by atoms with van der Waals surface area (Å²) in [5, 5.41) is 23.0. The average Bonchev–Trinajstić information content (AvgIpc) is 3.32. The molecular formula is C15H17N7O3. The third-order valence-corrected chi connectivity index (χ3v) is 3.40. The van der Waals surface area contributed by atoms with Crippen molar-refractivity contribution in [1.82, 2.24) is 36.1 Å². The molecule has 0 radical (unpaired) electrons. The molecule has 130 valence electrons. The van der Waals surface area contributed by atoms with Crippen molar-refractivity contribution in [3.05, 3.63) is 47.5 Å². The van der Waals surface area contributed by atoms with Crippen molar-refractivity contribution in [2.75, 3.05) is 7.11 Å². The number of nitrogens with one attached hydrogen (secondary N) is 3. The number of methoxy groups -OCH3 is 1. The Hall–Kier alpha value is -3.43. The summed E-state index contributed by atoms with van der Waals surface area (Å²) < 4.78 is 10.8. The molecule has 2 aromatic heterocycles. The molecule has 25 heavy (non-hydrogen) atoms. The lowest BCUT2D eigenvalue weighted by molar-refractivity contribution is 0.0933. The third-order valence-electron chi connectivity index (χ3n) is 3.40. The van der Waals surface area contributed by atoms with Gasteiger partial charge in [-0.3, -0.25) is 9.89 Å². The summed E-state index contributed by atoms with van der Waals surface area (Å²) in [4.78, 5) is 12.2. The largest absolute Gasteiger partial charge is 0.497 e. The van der Waals surface area contributed by atoms with Gasteiger partial charge in [0.2, 0.25) is 0 Å². The number of amides is 1. The summed E-state index contributed by atoms with van der Waals surface area (Å²) in [7, 11) is 1.59. The van der Waals surface area contributed by atoms with Crippen molar-refractivity contribution in [2.45, 2.75) is 19.6 Å². The van der Waals surface area contributed by atoms with E-state index < -0.39 is 0 Å². The first-order valence-electron chi connectivity index (χ1n) is 7.51. The number of aromatic amines is 2. The number of rotatable bonds is 7. The van der Waals surface area contributed by atoms with Crippen molar-refractivity contribution in [2.24, 2.45) is 0 Å². The summed E-state index contributed by atoms with van der Waals surface area (Å²) in [5.41, 5.74) is 0.916. The zero-order valence-corrected chi connectivity index (χ0v) is 13.7. The molecule has 0 aliphatic rings. The smallest absolute Gasteiger partial charge is 0.272 e. The monoisotopic (exact) mass is 343 g/mol. The van der Waals surface area contributed by atoms with Crippen molar-refractivity contribution < 1.29 is 14.3 Å². The van der Waals surface area contributed by atoms with Crippen LogP contribution in [-0.4, -0.2) is 43.8 Å². The Bertz CT molecular complexity index is 831. The van der Waals surface area contributed by atoms with Gasteiger partial charge in [0.1, 0.15) is 23.8 Å². The molecule has 1 aromatic carbocycles. The highest BCUT2D eigenvalue weighted by Gasteiger charge is 2.17. The standard InChI is InChI=1S/C15H17N7O3/c1-9(14-19-21-22-20-14)16-15(23)13-6-10(17-18-13)8-25-12-5-3-4-11(7-12)24-2/h3-7,9H,8H2,1-2H3,(H,16,23)(H,17,18)(H,19,20,21,22). The summed E-state index contributed by atoms with van der Waals surface area (Å²) in [6, 6.07) is 8.49. The first-order valence-corrected chi connectivity index (χ1v) is 7.51. The lowest BCUT2D eigenvalue weighted by Crippen LogP contribution is -2.27. The van der Waals surface area contributed by atoms with Crippen molar-refractivity contribution in [3.63, 3.8) is 0 Å². The highest BCUT2D eigenvalue weighted by atomic mass is 16.5. The lowest BCUT2D eigenvalue weighted by atomic mass is 10.3. The van der Waals surface area contributed by atoms with Crippen LogP contribution in [0.5, 0.6) is 11.5 Å². The van der Waals surface area contributed by atoms with E-state index >= 15 is 0 Å². The highest BCUT2D eigenvalue weighted by Crippen LogP contribution is 2.19. The van der Waals surface area contributed by atoms with Gasteiger partial charge in [0, 0.05) is 6.07 Å². The van der Waals surface area contributed by atoms with Crippen LogP contribution in [0.25, 0.3) is 0 Å². The summed E-state index contributed by atoms with van der Waals surface area (Å²) in [5.74, 6) is 1.41. The van der Waals surface area contributed by atoms with Crippen LogP contribution in [0, 0.1) is 0 Å². The topological polar surface area (TPSA) is 131 Å². The Labute approximate surface area is 142 Å². The Morgan fingerprint density at radius 3 is 2.88 bits per heavy atom. The molecule has 0 aliphatic carbocycles. The summed E-state index contributed by atoms with van der Waals surface area (Å²) in [6.07, 6.45) is 0. The molecule has 1 unspecified atom stereocenters. The number of carbonyl (C=O) groups excluding carboxylic acids is 1. The van der Waals surface area contributed by atoms with Crippen LogP contribution in [0.3, 0.4) is 0 Å². The Morgan fingerprint density at radius 2 is 2.12 bits per heavy atom. The molecule has 3 aromatic rings. The zero-order valence-electron chi connectivity index (χ0n) is 13.7. The predicted molar refractivity (Wildman–Crippen MR) is 86.0 cm³/mol. The van der Waals surface area contributed by atoms with Gasteiger partial charge < -0.3 is 14.8 Å². The molecule has 0 fully saturated rings. The summed E-state index contributed by atoms with van der Waals surface area (Å²) in [6.45, 7) is 2.00. The van der Waals surface area contributed by atoms with Crippen LogP contribution < -0.4 is 14.8 Å². The molecule has 2 heterocycles. The van der Waals surface area contributed by atoms with Crippen molar-refractivity contribution in [3.8, 4) is 11.5 Å². The van der Waals surface area contributed by atoms with Crippen LogP contribution in [0.15, 0.2) is 30.3 Å². The zero-order chi connectivity index (χ0) is 17.6. The molecule has 0 bridgehead atoms. The van der Waals surface area contributed by atoms with Gasteiger partial charge in [-0.05, 0) is 25.1 Å². The van der Waals surface area contributed by atoms with Crippen LogP contribution in [-0.2, 0) is 6.61 Å². The Kier molecular flexibility index (Phi) is 4.88. The average molecular weight is 343 g/mol. The molecule has 3 N–H and O–H groups in total. The minimum atomic E-state index is -0.389. The molecule has 0 spiro atoms. The number of nitrogens with zero attached hydrogens (tertiary/aromatic N) is 4. The van der Waals surface area contributed by atoms with Crippen LogP contribution in [0.2, 0.25) is 0 Å². The van der Waals surface area contributed by atoms with E-state index in [1.165, 1.54) is 0 Å². The number of carbonyl (C=O) groups is 1. The SMILES string of the molecule is COc1cccc(OCc2cc(C(=O)NC(C)c3nn[nH]n3)n[nH]2)c1. The molecule has 0 saturated carbocycles. The van der Waals surface area contributed by atoms with Crippen LogP contribution in [0.1, 0.15) is 35.0 Å². The normalized spacial score (nSPS) is 11.8. The van der Waals surface area contributed by atoms with Gasteiger partial charge >= 0.3 is 0 Å². The number of hydrogen-bond donors (Lipinski definition) is 3.